The predicted molar refractivity (Wildman–Crippen MR) is 79.2 cm³/mol. The second-order valence-corrected chi connectivity index (χ2v) is 5.58. The van der Waals surface area contributed by atoms with E-state index >= 15 is 0 Å². The Morgan fingerprint density at radius 1 is 1.30 bits per heavy atom. The van der Waals surface area contributed by atoms with Crippen molar-refractivity contribution in [3.05, 3.63) is 48.0 Å². The minimum absolute atomic E-state index is 0.00765. The Morgan fingerprint density at radius 3 is 2.60 bits per heavy atom. The molecule has 1 aliphatic heterocycles. The number of fused-ring (bicyclic) bond motifs is 1. The van der Waals surface area contributed by atoms with Crippen molar-refractivity contribution in [3.8, 4) is 0 Å². The van der Waals surface area contributed by atoms with Crippen molar-refractivity contribution < 1.29 is 14.6 Å². The van der Waals surface area contributed by atoms with Crippen molar-refractivity contribution in [2.45, 2.75) is 39.3 Å². The molecule has 0 bridgehead atoms. The van der Waals surface area contributed by atoms with E-state index in [2.05, 4.69) is 19.6 Å². The second-order valence-electron chi connectivity index (χ2n) is 5.58. The first-order valence-electron chi connectivity index (χ1n) is 7.20. The number of hydrogen-bond donors (Lipinski definition) is 1. The van der Waals surface area contributed by atoms with Crippen LogP contribution in [-0.2, 0) is 22.7 Å². The first kappa shape index (κ1) is 15.2. The van der Waals surface area contributed by atoms with Crippen LogP contribution in [0.3, 0.4) is 0 Å². The summed E-state index contributed by atoms with van der Waals surface area (Å²) in [5, 5.41) is 10.2. The molecule has 0 saturated heterocycles. The van der Waals surface area contributed by atoms with Gasteiger partial charge in [0.25, 0.3) is 0 Å². The summed E-state index contributed by atoms with van der Waals surface area (Å²) >= 11 is 0. The smallest absolute Gasteiger partial charge is 0.0824 e. The minimum atomic E-state index is -0.521. The number of benzene rings is 1. The Balaban J connectivity index is 2.22. The molecule has 0 aromatic heterocycles. The van der Waals surface area contributed by atoms with Gasteiger partial charge in [-0.25, -0.2) is 0 Å². The highest BCUT2D eigenvalue weighted by Gasteiger charge is 2.29. The summed E-state index contributed by atoms with van der Waals surface area (Å²) in [5.74, 6) is 0.194. The molecule has 4 atom stereocenters. The Bertz CT molecular complexity index is 444. The average molecular weight is 276 g/mol. The van der Waals surface area contributed by atoms with Crippen LogP contribution in [0, 0.1) is 11.8 Å². The van der Waals surface area contributed by atoms with Gasteiger partial charge in [0.15, 0.2) is 0 Å². The maximum atomic E-state index is 10.2. The van der Waals surface area contributed by atoms with Crippen LogP contribution in [0.5, 0.6) is 0 Å². The fraction of sp³-hybridized carbons (Fsp3) is 0.529. The molecule has 1 aromatic carbocycles. The van der Waals surface area contributed by atoms with Gasteiger partial charge in [-0.3, -0.25) is 0 Å². The highest BCUT2D eigenvalue weighted by atomic mass is 16.5. The molecular weight excluding hydrogens is 252 g/mol. The van der Waals surface area contributed by atoms with Crippen LogP contribution in [0.1, 0.15) is 25.0 Å². The number of aliphatic hydroxyl groups excluding tert-OH is 1. The van der Waals surface area contributed by atoms with Crippen LogP contribution < -0.4 is 0 Å². The van der Waals surface area contributed by atoms with Crippen molar-refractivity contribution in [2.75, 3.05) is 6.61 Å². The van der Waals surface area contributed by atoms with Crippen molar-refractivity contribution >= 4 is 0 Å². The minimum Gasteiger partial charge on any atom is -0.390 e. The van der Waals surface area contributed by atoms with Gasteiger partial charge in [-0.05, 0) is 11.1 Å². The van der Waals surface area contributed by atoms with Crippen LogP contribution in [0.15, 0.2) is 36.9 Å². The van der Waals surface area contributed by atoms with Gasteiger partial charge in [0, 0.05) is 11.8 Å². The fourth-order valence-electron chi connectivity index (χ4n) is 2.60. The van der Waals surface area contributed by atoms with Gasteiger partial charge in [0.05, 0.1) is 32.0 Å². The lowest BCUT2D eigenvalue weighted by molar-refractivity contribution is -0.0835. The van der Waals surface area contributed by atoms with Gasteiger partial charge in [0.2, 0.25) is 0 Å². The molecule has 0 spiro atoms. The molecular formula is C17H24O3. The normalized spacial score (nSPS) is 29.2. The van der Waals surface area contributed by atoms with E-state index in [1.165, 1.54) is 0 Å². The number of ether oxygens (including phenoxy) is 2. The second kappa shape index (κ2) is 7.02. The van der Waals surface area contributed by atoms with Crippen molar-refractivity contribution in [1.29, 1.82) is 0 Å². The molecule has 1 aromatic rings. The highest BCUT2D eigenvalue weighted by Crippen LogP contribution is 2.25. The number of aliphatic hydroxyl groups is 1. The quantitative estimate of drug-likeness (QED) is 0.844. The molecule has 0 aliphatic carbocycles. The molecule has 1 N–H and O–H groups in total. The molecule has 0 amide bonds. The monoisotopic (exact) mass is 276 g/mol. The van der Waals surface area contributed by atoms with Crippen molar-refractivity contribution in [3.63, 3.8) is 0 Å². The summed E-state index contributed by atoms with van der Waals surface area (Å²) in [6.45, 7) is 9.31. The molecule has 2 rings (SSSR count). The van der Waals surface area contributed by atoms with E-state index in [-0.39, 0.29) is 17.9 Å². The fourth-order valence-corrected chi connectivity index (χ4v) is 2.60. The molecule has 0 fully saturated rings. The molecule has 1 heterocycles. The molecule has 0 saturated carbocycles. The van der Waals surface area contributed by atoms with E-state index in [1.807, 2.05) is 31.2 Å². The zero-order chi connectivity index (χ0) is 14.5. The Kier molecular flexibility index (Phi) is 5.35. The molecule has 0 radical (unpaired) electrons. The third kappa shape index (κ3) is 3.48. The van der Waals surface area contributed by atoms with E-state index in [9.17, 15) is 5.11 Å². The third-order valence-electron chi connectivity index (χ3n) is 4.11. The summed E-state index contributed by atoms with van der Waals surface area (Å²) < 4.78 is 11.7. The van der Waals surface area contributed by atoms with E-state index in [1.54, 1.807) is 0 Å². The summed E-state index contributed by atoms with van der Waals surface area (Å²) in [5.41, 5.74) is 2.27. The standard InChI is InChI=1S/C17H24O3/c1-4-12(2)17-13(3)16(18)11-19-9-14-7-5-6-8-15(14)10-20-17/h4-8,12-13,16-18H,1,9-11H2,2-3H3/t12-,13-,16?,17?/m1/s1. The van der Waals surface area contributed by atoms with E-state index < -0.39 is 6.10 Å². The molecule has 2 unspecified atom stereocenters. The van der Waals surface area contributed by atoms with Gasteiger partial charge in [-0.1, -0.05) is 44.2 Å². The zero-order valence-corrected chi connectivity index (χ0v) is 12.3. The van der Waals surface area contributed by atoms with Crippen LogP contribution in [0.25, 0.3) is 0 Å². The van der Waals surface area contributed by atoms with Gasteiger partial charge in [0.1, 0.15) is 0 Å². The summed E-state index contributed by atoms with van der Waals surface area (Å²) in [4.78, 5) is 0. The van der Waals surface area contributed by atoms with Gasteiger partial charge in [-0.15, -0.1) is 6.58 Å². The molecule has 20 heavy (non-hydrogen) atoms. The van der Waals surface area contributed by atoms with Gasteiger partial charge in [-0.2, -0.15) is 0 Å². The van der Waals surface area contributed by atoms with E-state index in [4.69, 9.17) is 9.47 Å². The highest BCUT2D eigenvalue weighted by molar-refractivity contribution is 5.26. The van der Waals surface area contributed by atoms with Crippen LogP contribution in [0.4, 0.5) is 0 Å². The Hall–Kier alpha value is -1.16. The lowest BCUT2D eigenvalue weighted by Gasteiger charge is -2.32. The Morgan fingerprint density at radius 2 is 1.95 bits per heavy atom. The summed E-state index contributed by atoms with van der Waals surface area (Å²) in [6, 6.07) is 8.12. The lowest BCUT2D eigenvalue weighted by Crippen LogP contribution is -2.38. The van der Waals surface area contributed by atoms with Crippen molar-refractivity contribution in [2.24, 2.45) is 11.8 Å². The number of rotatable bonds is 2. The molecule has 3 nitrogen and oxygen atoms in total. The Labute approximate surface area is 121 Å². The largest absolute Gasteiger partial charge is 0.390 e. The average Bonchev–Trinajstić information content (AvgIpc) is 2.47. The number of hydrogen-bond acceptors (Lipinski definition) is 3. The molecule has 3 heteroatoms. The zero-order valence-electron chi connectivity index (χ0n) is 12.3. The van der Waals surface area contributed by atoms with Crippen LogP contribution in [0.2, 0.25) is 0 Å². The summed E-state index contributed by atoms with van der Waals surface area (Å²) in [7, 11) is 0. The molecule has 1 aliphatic rings. The topological polar surface area (TPSA) is 38.7 Å². The maximum Gasteiger partial charge on any atom is 0.0824 e. The summed E-state index contributed by atoms with van der Waals surface area (Å²) in [6.07, 6.45) is 1.30. The first-order valence-corrected chi connectivity index (χ1v) is 7.20. The SMILES string of the molecule is C=C[C@@H](C)C1OCc2ccccc2COCC(O)[C@H]1C. The first-order chi connectivity index (χ1) is 9.63. The van der Waals surface area contributed by atoms with Crippen molar-refractivity contribution in [1.82, 2.24) is 0 Å². The van der Waals surface area contributed by atoms with E-state index in [0.717, 1.165) is 11.1 Å². The van der Waals surface area contributed by atoms with Crippen LogP contribution >= 0.6 is 0 Å². The predicted octanol–water partition coefficient (Wildman–Crippen LogP) is 2.92. The van der Waals surface area contributed by atoms with E-state index in [0.29, 0.717) is 19.8 Å². The molecule has 110 valence electrons. The lowest BCUT2D eigenvalue weighted by atomic mass is 9.89. The van der Waals surface area contributed by atoms with Crippen LogP contribution in [-0.4, -0.2) is 23.9 Å². The van der Waals surface area contributed by atoms with Gasteiger partial charge >= 0.3 is 0 Å². The van der Waals surface area contributed by atoms with Gasteiger partial charge < -0.3 is 14.6 Å². The third-order valence-corrected chi connectivity index (χ3v) is 4.11. The maximum absolute atomic E-state index is 10.2.